The number of rotatable bonds is 7. The van der Waals surface area contributed by atoms with Gasteiger partial charge in [0.1, 0.15) is 0 Å². The topological polar surface area (TPSA) is 46.3 Å². The standard InChI is InChI=1S/C15H24N2O/c1-3-8-14(16)15(18)17(11-4-2)12-13-9-6-5-7-10-13/h5-7,9-10,14H,3-4,8,11-12,16H2,1-2H3/t14-/m1/s1. The summed E-state index contributed by atoms with van der Waals surface area (Å²) in [5.74, 6) is 0.0718. The first-order valence-corrected chi connectivity index (χ1v) is 6.77. The smallest absolute Gasteiger partial charge is 0.239 e. The van der Waals surface area contributed by atoms with Gasteiger partial charge in [0, 0.05) is 13.1 Å². The second-order valence-electron chi connectivity index (χ2n) is 4.64. The van der Waals surface area contributed by atoms with Crippen molar-refractivity contribution in [2.24, 2.45) is 5.73 Å². The Balaban J connectivity index is 2.67. The summed E-state index contributed by atoms with van der Waals surface area (Å²) in [4.78, 5) is 14.1. The van der Waals surface area contributed by atoms with E-state index in [2.05, 4.69) is 13.8 Å². The summed E-state index contributed by atoms with van der Waals surface area (Å²) in [6.07, 6.45) is 2.66. The Morgan fingerprint density at radius 3 is 2.44 bits per heavy atom. The Labute approximate surface area is 110 Å². The molecule has 0 saturated carbocycles. The molecule has 0 aliphatic rings. The Hall–Kier alpha value is -1.35. The lowest BCUT2D eigenvalue weighted by atomic mass is 10.1. The van der Waals surface area contributed by atoms with Crippen LogP contribution < -0.4 is 5.73 Å². The summed E-state index contributed by atoms with van der Waals surface area (Å²) in [5, 5.41) is 0. The molecule has 0 radical (unpaired) electrons. The largest absolute Gasteiger partial charge is 0.337 e. The number of nitrogens with two attached hydrogens (primary N) is 1. The van der Waals surface area contributed by atoms with Gasteiger partial charge in [-0.2, -0.15) is 0 Å². The molecule has 0 aliphatic heterocycles. The highest BCUT2D eigenvalue weighted by Gasteiger charge is 2.19. The van der Waals surface area contributed by atoms with E-state index in [-0.39, 0.29) is 11.9 Å². The van der Waals surface area contributed by atoms with Crippen LogP contribution in [0.25, 0.3) is 0 Å². The maximum absolute atomic E-state index is 12.2. The van der Waals surface area contributed by atoms with Crippen LogP contribution in [0.15, 0.2) is 30.3 Å². The molecule has 3 heteroatoms. The Bertz CT molecular complexity index is 351. The van der Waals surface area contributed by atoms with E-state index in [1.54, 1.807) is 0 Å². The molecule has 1 aromatic rings. The second-order valence-corrected chi connectivity index (χ2v) is 4.64. The molecule has 0 spiro atoms. The third kappa shape index (κ3) is 4.49. The third-order valence-electron chi connectivity index (χ3n) is 2.94. The molecule has 0 unspecified atom stereocenters. The first-order valence-electron chi connectivity index (χ1n) is 6.77. The summed E-state index contributed by atoms with van der Waals surface area (Å²) in [5.41, 5.74) is 7.08. The minimum Gasteiger partial charge on any atom is -0.337 e. The SMILES string of the molecule is CCC[C@@H](N)C(=O)N(CCC)Cc1ccccc1. The molecule has 18 heavy (non-hydrogen) atoms. The Morgan fingerprint density at radius 2 is 1.89 bits per heavy atom. The van der Waals surface area contributed by atoms with Crippen LogP contribution in [0.3, 0.4) is 0 Å². The van der Waals surface area contributed by atoms with Crippen molar-refractivity contribution in [3.63, 3.8) is 0 Å². The van der Waals surface area contributed by atoms with Gasteiger partial charge in [0.05, 0.1) is 6.04 Å². The van der Waals surface area contributed by atoms with Gasteiger partial charge in [-0.1, -0.05) is 50.6 Å². The molecule has 0 heterocycles. The fourth-order valence-corrected chi connectivity index (χ4v) is 2.01. The van der Waals surface area contributed by atoms with Gasteiger partial charge in [-0.15, -0.1) is 0 Å². The third-order valence-corrected chi connectivity index (χ3v) is 2.94. The zero-order valence-electron chi connectivity index (χ0n) is 11.4. The van der Waals surface area contributed by atoms with E-state index in [9.17, 15) is 4.79 Å². The van der Waals surface area contributed by atoms with Gasteiger partial charge in [-0.25, -0.2) is 0 Å². The van der Waals surface area contributed by atoms with Crippen molar-refractivity contribution in [2.45, 2.75) is 45.7 Å². The lowest BCUT2D eigenvalue weighted by Crippen LogP contribution is -2.43. The summed E-state index contributed by atoms with van der Waals surface area (Å²) in [6, 6.07) is 9.71. The van der Waals surface area contributed by atoms with Crippen molar-refractivity contribution in [3.05, 3.63) is 35.9 Å². The van der Waals surface area contributed by atoms with Crippen LogP contribution >= 0.6 is 0 Å². The predicted molar refractivity (Wildman–Crippen MR) is 75.0 cm³/mol. The van der Waals surface area contributed by atoms with Gasteiger partial charge in [0.15, 0.2) is 0 Å². The normalized spacial score (nSPS) is 12.2. The van der Waals surface area contributed by atoms with Crippen LogP contribution in [0.4, 0.5) is 0 Å². The average molecular weight is 248 g/mol. The monoisotopic (exact) mass is 248 g/mol. The van der Waals surface area contributed by atoms with E-state index in [1.165, 1.54) is 0 Å². The summed E-state index contributed by atoms with van der Waals surface area (Å²) < 4.78 is 0. The van der Waals surface area contributed by atoms with E-state index >= 15 is 0 Å². The zero-order valence-corrected chi connectivity index (χ0v) is 11.4. The summed E-state index contributed by atoms with van der Waals surface area (Å²) in [7, 11) is 0. The number of amides is 1. The van der Waals surface area contributed by atoms with Crippen molar-refractivity contribution in [3.8, 4) is 0 Å². The van der Waals surface area contributed by atoms with Crippen molar-refractivity contribution in [2.75, 3.05) is 6.54 Å². The van der Waals surface area contributed by atoms with Gasteiger partial charge in [-0.3, -0.25) is 4.79 Å². The molecular formula is C15H24N2O. The van der Waals surface area contributed by atoms with Crippen molar-refractivity contribution >= 4 is 5.91 Å². The molecule has 0 fully saturated rings. The second kappa shape index (κ2) is 7.88. The van der Waals surface area contributed by atoms with E-state index < -0.39 is 0 Å². The predicted octanol–water partition coefficient (Wildman–Crippen LogP) is 2.55. The molecule has 0 aromatic heterocycles. The van der Waals surface area contributed by atoms with Crippen LogP contribution in [-0.4, -0.2) is 23.4 Å². The van der Waals surface area contributed by atoms with Gasteiger partial charge >= 0.3 is 0 Å². The number of benzene rings is 1. The van der Waals surface area contributed by atoms with Crippen LogP contribution in [0.5, 0.6) is 0 Å². The highest BCUT2D eigenvalue weighted by Crippen LogP contribution is 2.08. The molecule has 1 rings (SSSR count). The van der Waals surface area contributed by atoms with Gasteiger partial charge in [0.25, 0.3) is 0 Å². The Morgan fingerprint density at radius 1 is 1.22 bits per heavy atom. The summed E-state index contributed by atoms with van der Waals surface area (Å²) >= 11 is 0. The van der Waals surface area contributed by atoms with E-state index in [4.69, 9.17) is 5.73 Å². The number of carbonyl (C=O) groups excluding carboxylic acids is 1. The molecule has 3 nitrogen and oxygen atoms in total. The number of nitrogens with zero attached hydrogens (tertiary/aromatic N) is 1. The van der Waals surface area contributed by atoms with Crippen LogP contribution in [0, 0.1) is 0 Å². The molecule has 2 N–H and O–H groups in total. The number of hydrogen-bond acceptors (Lipinski definition) is 2. The molecular weight excluding hydrogens is 224 g/mol. The minimum absolute atomic E-state index is 0.0718. The highest BCUT2D eigenvalue weighted by molar-refractivity contribution is 5.81. The molecule has 1 atom stereocenters. The molecule has 0 aliphatic carbocycles. The van der Waals surface area contributed by atoms with Crippen LogP contribution in [0.2, 0.25) is 0 Å². The van der Waals surface area contributed by atoms with Crippen molar-refractivity contribution in [1.29, 1.82) is 0 Å². The Kier molecular flexibility index (Phi) is 6.44. The highest BCUT2D eigenvalue weighted by atomic mass is 16.2. The first kappa shape index (κ1) is 14.7. The van der Waals surface area contributed by atoms with Gasteiger partial charge in [-0.05, 0) is 18.4 Å². The number of carbonyl (C=O) groups is 1. The molecule has 0 saturated heterocycles. The van der Waals surface area contributed by atoms with Gasteiger partial charge in [0.2, 0.25) is 5.91 Å². The average Bonchev–Trinajstić information content (AvgIpc) is 2.39. The first-order chi connectivity index (χ1) is 8.69. The summed E-state index contributed by atoms with van der Waals surface area (Å²) in [6.45, 7) is 5.56. The fraction of sp³-hybridized carbons (Fsp3) is 0.533. The van der Waals surface area contributed by atoms with E-state index in [0.717, 1.165) is 31.4 Å². The molecule has 1 amide bonds. The van der Waals surface area contributed by atoms with Crippen molar-refractivity contribution < 1.29 is 4.79 Å². The molecule has 1 aromatic carbocycles. The quantitative estimate of drug-likeness (QED) is 0.806. The van der Waals surface area contributed by atoms with Crippen LogP contribution in [-0.2, 0) is 11.3 Å². The molecule has 0 bridgehead atoms. The van der Waals surface area contributed by atoms with Crippen molar-refractivity contribution in [1.82, 2.24) is 4.90 Å². The zero-order chi connectivity index (χ0) is 13.4. The minimum atomic E-state index is -0.356. The maximum atomic E-state index is 12.2. The number of hydrogen-bond donors (Lipinski definition) is 1. The lowest BCUT2D eigenvalue weighted by molar-refractivity contribution is -0.133. The fourth-order valence-electron chi connectivity index (χ4n) is 2.01. The van der Waals surface area contributed by atoms with Crippen LogP contribution in [0.1, 0.15) is 38.7 Å². The van der Waals surface area contributed by atoms with Gasteiger partial charge < -0.3 is 10.6 Å². The van der Waals surface area contributed by atoms with E-state index in [0.29, 0.717) is 6.54 Å². The maximum Gasteiger partial charge on any atom is 0.239 e. The molecule has 100 valence electrons. The lowest BCUT2D eigenvalue weighted by Gasteiger charge is -2.25. The van der Waals surface area contributed by atoms with E-state index in [1.807, 2.05) is 35.2 Å².